The van der Waals surface area contributed by atoms with Gasteiger partial charge < -0.3 is 5.73 Å². The maximum Gasteiger partial charge on any atom is -0.00488 e. The monoisotopic (exact) mass is 171 g/mol. The minimum absolute atomic E-state index is 0.757. The van der Waals surface area contributed by atoms with Gasteiger partial charge in [-0.05, 0) is 37.1 Å². The molecule has 0 saturated heterocycles. The highest BCUT2D eigenvalue weighted by atomic mass is 14.5. The molecule has 0 heterocycles. The van der Waals surface area contributed by atoms with E-state index in [9.17, 15) is 0 Å². The van der Waals surface area contributed by atoms with E-state index < -0.39 is 0 Å². The zero-order chi connectivity index (χ0) is 9.56. The Kier molecular flexibility index (Phi) is 6.45. The summed E-state index contributed by atoms with van der Waals surface area (Å²) in [5.41, 5.74) is 5.71. The second-order valence-electron chi connectivity index (χ2n) is 4.70. The fourth-order valence-electron chi connectivity index (χ4n) is 1.57. The van der Waals surface area contributed by atoms with E-state index in [1.54, 1.807) is 0 Å². The molecular formula is C11H25N. The first kappa shape index (κ1) is 12.0. The van der Waals surface area contributed by atoms with E-state index in [1.165, 1.54) is 19.3 Å². The first-order chi connectivity index (χ1) is 5.56. The standard InChI is InChI=1S/C11H25N/c1-9(2)5-6-11(8-12)7-10(3)4/h9-11H,5-8,12H2,1-4H3. The Labute approximate surface area is 77.7 Å². The lowest BCUT2D eigenvalue weighted by atomic mass is 9.90. The largest absolute Gasteiger partial charge is 0.330 e. The highest BCUT2D eigenvalue weighted by molar-refractivity contribution is 4.63. The lowest BCUT2D eigenvalue weighted by Gasteiger charge is -2.17. The van der Waals surface area contributed by atoms with E-state index >= 15 is 0 Å². The third-order valence-corrected chi connectivity index (χ3v) is 2.29. The molecule has 2 N–H and O–H groups in total. The second kappa shape index (κ2) is 6.47. The van der Waals surface area contributed by atoms with Crippen molar-refractivity contribution in [3.63, 3.8) is 0 Å². The molecule has 1 nitrogen and oxygen atoms in total. The third-order valence-electron chi connectivity index (χ3n) is 2.29. The Bertz CT molecular complexity index is 97.2. The SMILES string of the molecule is CC(C)CCC(CN)CC(C)C. The lowest BCUT2D eigenvalue weighted by Crippen LogP contribution is -2.17. The Balaban J connectivity index is 3.53. The molecule has 0 aromatic heterocycles. The van der Waals surface area contributed by atoms with E-state index in [4.69, 9.17) is 5.73 Å². The molecule has 0 aromatic rings. The molecule has 0 saturated carbocycles. The normalized spacial score (nSPS) is 14.2. The van der Waals surface area contributed by atoms with Crippen LogP contribution in [0.5, 0.6) is 0 Å². The molecule has 0 fully saturated rings. The van der Waals surface area contributed by atoms with Crippen LogP contribution in [0.1, 0.15) is 47.0 Å². The zero-order valence-corrected chi connectivity index (χ0v) is 9.14. The van der Waals surface area contributed by atoms with Gasteiger partial charge in [0.2, 0.25) is 0 Å². The first-order valence-electron chi connectivity index (χ1n) is 5.26. The predicted molar refractivity (Wildman–Crippen MR) is 56.1 cm³/mol. The number of hydrogen-bond donors (Lipinski definition) is 1. The summed E-state index contributed by atoms with van der Waals surface area (Å²) in [6.07, 6.45) is 3.93. The topological polar surface area (TPSA) is 26.0 Å². The van der Waals surface area contributed by atoms with Gasteiger partial charge in [0.1, 0.15) is 0 Å². The van der Waals surface area contributed by atoms with Gasteiger partial charge in [0, 0.05) is 0 Å². The molecule has 1 atom stereocenters. The molecule has 12 heavy (non-hydrogen) atoms. The van der Waals surface area contributed by atoms with Gasteiger partial charge in [-0.1, -0.05) is 34.1 Å². The molecule has 0 spiro atoms. The summed E-state index contributed by atoms with van der Waals surface area (Å²) >= 11 is 0. The molecule has 0 radical (unpaired) electrons. The fourth-order valence-corrected chi connectivity index (χ4v) is 1.57. The smallest absolute Gasteiger partial charge is 0.00488 e. The van der Waals surface area contributed by atoms with Crippen LogP contribution in [0.2, 0.25) is 0 Å². The molecule has 0 aliphatic heterocycles. The summed E-state index contributed by atoms with van der Waals surface area (Å²) in [7, 11) is 0. The van der Waals surface area contributed by atoms with Crippen LogP contribution in [0.4, 0.5) is 0 Å². The van der Waals surface area contributed by atoms with Crippen molar-refractivity contribution in [2.45, 2.75) is 47.0 Å². The van der Waals surface area contributed by atoms with E-state index in [2.05, 4.69) is 27.7 Å². The molecular weight excluding hydrogens is 146 g/mol. The van der Waals surface area contributed by atoms with Crippen LogP contribution < -0.4 is 5.73 Å². The van der Waals surface area contributed by atoms with Gasteiger partial charge in [-0.15, -0.1) is 0 Å². The van der Waals surface area contributed by atoms with Crippen LogP contribution in [0, 0.1) is 17.8 Å². The van der Waals surface area contributed by atoms with Gasteiger partial charge in [-0.25, -0.2) is 0 Å². The van der Waals surface area contributed by atoms with Crippen LogP contribution in [0.3, 0.4) is 0 Å². The van der Waals surface area contributed by atoms with Gasteiger partial charge in [-0.3, -0.25) is 0 Å². The molecule has 0 rings (SSSR count). The van der Waals surface area contributed by atoms with Crippen molar-refractivity contribution in [3.8, 4) is 0 Å². The number of nitrogens with two attached hydrogens (primary N) is 1. The van der Waals surface area contributed by atoms with Crippen molar-refractivity contribution in [2.75, 3.05) is 6.54 Å². The Morgan fingerprint density at radius 3 is 1.83 bits per heavy atom. The fraction of sp³-hybridized carbons (Fsp3) is 1.00. The van der Waals surface area contributed by atoms with E-state index in [-0.39, 0.29) is 0 Å². The van der Waals surface area contributed by atoms with Crippen molar-refractivity contribution >= 4 is 0 Å². The maximum atomic E-state index is 5.71. The summed E-state index contributed by atoms with van der Waals surface area (Å²) in [6, 6.07) is 0. The van der Waals surface area contributed by atoms with Crippen LogP contribution >= 0.6 is 0 Å². The van der Waals surface area contributed by atoms with Crippen LogP contribution in [-0.4, -0.2) is 6.54 Å². The number of rotatable bonds is 6. The Morgan fingerprint density at radius 2 is 1.50 bits per heavy atom. The van der Waals surface area contributed by atoms with E-state index in [0.717, 1.165) is 24.3 Å². The summed E-state index contributed by atoms with van der Waals surface area (Å²) < 4.78 is 0. The average molecular weight is 171 g/mol. The third kappa shape index (κ3) is 6.66. The lowest BCUT2D eigenvalue weighted by molar-refractivity contribution is 0.363. The van der Waals surface area contributed by atoms with Crippen molar-refractivity contribution in [1.82, 2.24) is 0 Å². The van der Waals surface area contributed by atoms with E-state index in [1.807, 2.05) is 0 Å². The minimum atomic E-state index is 0.757. The minimum Gasteiger partial charge on any atom is -0.330 e. The highest BCUT2D eigenvalue weighted by Gasteiger charge is 2.09. The quantitative estimate of drug-likeness (QED) is 0.653. The molecule has 0 bridgehead atoms. The number of hydrogen-bond acceptors (Lipinski definition) is 1. The molecule has 0 aliphatic carbocycles. The Hall–Kier alpha value is -0.0400. The second-order valence-corrected chi connectivity index (χ2v) is 4.70. The summed E-state index contributed by atoms with van der Waals surface area (Å²) in [4.78, 5) is 0. The van der Waals surface area contributed by atoms with Crippen molar-refractivity contribution in [2.24, 2.45) is 23.5 Å². The van der Waals surface area contributed by atoms with Crippen molar-refractivity contribution in [3.05, 3.63) is 0 Å². The molecule has 0 amide bonds. The average Bonchev–Trinajstić information content (AvgIpc) is 1.97. The molecule has 0 aliphatic rings. The predicted octanol–water partition coefficient (Wildman–Crippen LogP) is 3.04. The molecule has 74 valence electrons. The molecule has 1 heteroatoms. The van der Waals surface area contributed by atoms with Gasteiger partial charge in [0.15, 0.2) is 0 Å². The zero-order valence-electron chi connectivity index (χ0n) is 9.14. The van der Waals surface area contributed by atoms with Crippen LogP contribution in [0.25, 0.3) is 0 Å². The van der Waals surface area contributed by atoms with Gasteiger partial charge in [-0.2, -0.15) is 0 Å². The summed E-state index contributed by atoms with van der Waals surface area (Å²) in [6.45, 7) is 9.98. The van der Waals surface area contributed by atoms with Crippen LogP contribution in [-0.2, 0) is 0 Å². The van der Waals surface area contributed by atoms with Gasteiger partial charge >= 0.3 is 0 Å². The summed E-state index contributed by atoms with van der Waals surface area (Å²) in [5, 5.41) is 0. The highest BCUT2D eigenvalue weighted by Crippen LogP contribution is 2.18. The maximum absolute atomic E-state index is 5.71. The summed E-state index contributed by atoms with van der Waals surface area (Å²) in [5.74, 6) is 2.38. The van der Waals surface area contributed by atoms with Crippen LogP contribution in [0.15, 0.2) is 0 Å². The Morgan fingerprint density at radius 1 is 0.917 bits per heavy atom. The van der Waals surface area contributed by atoms with E-state index in [0.29, 0.717) is 0 Å². The van der Waals surface area contributed by atoms with Gasteiger partial charge in [0.25, 0.3) is 0 Å². The molecule has 0 aromatic carbocycles. The van der Waals surface area contributed by atoms with Crippen molar-refractivity contribution < 1.29 is 0 Å². The van der Waals surface area contributed by atoms with Crippen molar-refractivity contribution in [1.29, 1.82) is 0 Å². The molecule has 1 unspecified atom stereocenters. The first-order valence-corrected chi connectivity index (χ1v) is 5.26. The van der Waals surface area contributed by atoms with Gasteiger partial charge in [0.05, 0.1) is 0 Å².